The summed E-state index contributed by atoms with van der Waals surface area (Å²) in [5.41, 5.74) is 0.412. The highest BCUT2D eigenvalue weighted by molar-refractivity contribution is 6.18. The zero-order valence-corrected chi connectivity index (χ0v) is 9.12. The minimum Gasteiger partial charge on any atom is -0.313 e. The second kappa shape index (κ2) is 6.50. The molecule has 0 aliphatic carbocycles. The standard InChI is InChI=1S/C10H20ClN/c1-4-10(2,3)9-12-8-6-5-7-11/h5-6,12H,4,7-9H2,1-3H3/b6-5+. The molecule has 0 rings (SSSR count). The van der Waals surface area contributed by atoms with Crippen LogP contribution < -0.4 is 5.32 Å². The Balaban J connectivity index is 3.36. The Bertz CT molecular complexity index is 130. The summed E-state index contributed by atoms with van der Waals surface area (Å²) in [6.45, 7) is 8.75. The summed E-state index contributed by atoms with van der Waals surface area (Å²) in [4.78, 5) is 0. The Morgan fingerprint density at radius 2 is 2.00 bits per heavy atom. The minimum atomic E-state index is 0.412. The molecule has 12 heavy (non-hydrogen) atoms. The molecular formula is C10H20ClN. The van der Waals surface area contributed by atoms with Crippen molar-refractivity contribution in [2.75, 3.05) is 19.0 Å². The van der Waals surface area contributed by atoms with Crippen LogP contribution in [0.5, 0.6) is 0 Å². The molecule has 0 saturated carbocycles. The van der Waals surface area contributed by atoms with Gasteiger partial charge in [0.15, 0.2) is 0 Å². The molecule has 0 aromatic heterocycles. The van der Waals surface area contributed by atoms with Crippen LogP contribution >= 0.6 is 11.6 Å². The Morgan fingerprint density at radius 1 is 1.33 bits per heavy atom. The van der Waals surface area contributed by atoms with E-state index in [1.165, 1.54) is 6.42 Å². The smallest absolute Gasteiger partial charge is 0.0404 e. The third-order valence-electron chi connectivity index (χ3n) is 2.08. The van der Waals surface area contributed by atoms with Gasteiger partial charge in [0.25, 0.3) is 0 Å². The van der Waals surface area contributed by atoms with Gasteiger partial charge in [-0.05, 0) is 11.8 Å². The lowest BCUT2D eigenvalue weighted by molar-refractivity contribution is 0.334. The number of alkyl halides is 1. The van der Waals surface area contributed by atoms with E-state index in [1.54, 1.807) is 0 Å². The number of allylic oxidation sites excluding steroid dienone is 1. The first-order valence-corrected chi connectivity index (χ1v) is 5.07. The van der Waals surface area contributed by atoms with Crippen LogP contribution in [0.4, 0.5) is 0 Å². The van der Waals surface area contributed by atoms with Crippen LogP contribution in [-0.2, 0) is 0 Å². The van der Waals surface area contributed by atoms with E-state index in [4.69, 9.17) is 11.6 Å². The molecule has 0 heterocycles. The Morgan fingerprint density at radius 3 is 2.50 bits per heavy atom. The Labute approximate surface area is 81.2 Å². The largest absolute Gasteiger partial charge is 0.313 e. The maximum Gasteiger partial charge on any atom is 0.0404 e. The average molecular weight is 190 g/mol. The van der Waals surface area contributed by atoms with Crippen LogP contribution in [0.3, 0.4) is 0 Å². The lowest BCUT2D eigenvalue weighted by Crippen LogP contribution is -2.28. The maximum absolute atomic E-state index is 5.48. The van der Waals surface area contributed by atoms with Gasteiger partial charge in [-0.2, -0.15) is 0 Å². The second-order valence-corrected chi connectivity index (χ2v) is 4.08. The van der Waals surface area contributed by atoms with Gasteiger partial charge in [0, 0.05) is 19.0 Å². The van der Waals surface area contributed by atoms with Gasteiger partial charge in [-0.15, -0.1) is 11.6 Å². The maximum atomic E-state index is 5.48. The van der Waals surface area contributed by atoms with Crippen molar-refractivity contribution in [2.45, 2.75) is 27.2 Å². The van der Waals surface area contributed by atoms with Crippen molar-refractivity contribution < 1.29 is 0 Å². The van der Waals surface area contributed by atoms with Gasteiger partial charge in [-0.3, -0.25) is 0 Å². The summed E-state index contributed by atoms with van der Waals surface area (Å²) in [7, 11) is 0. The molecule has 0 saturated heterocycles. The zero-order chi connectivity index (χ0) is 9.45. The molecule has 0 bridgehead atoms. The highest BCUT2D eigenvalue weighted by Crippen LogP contribution is 2.17. The van der Waals surface area contributed by atoms with Crippen LogP contribution in [-0.4, -0.2) is 19.0 Å². The Hall–Kier alpha value is -0.0100. The normalized spacial score (nSPS) is 12.7. The molecule has 2 heteroatoms. The summed E-state index contributed by atoms with van der Waals surface area (Å²) < 4.78 is 0. The molecule has 0 aliphatic rings. The fraction of sp³-hybridized carbons (Fsp3) is 0.800. The first-order valence-electron chi connectivity index (χ1n) is 4.54. The Kier molecular flexibility index (Phi) is 6.49. The van der Waals surface area contributed by atoms with E-state index in [2.05, 4.69) is 32.2 Å². The number of nitrogens with one attached hydrogen (secondary N) is 1. The number of halogens is 1. The van der Waals surface area contributed by atoms with Crippen LogP contribution in [0.1, 0.15) is 27.2 Å². The molecule has 0 fully saturated rings. The van der Waals surface area contributed by atoms with E-state index >= 15 is 0 Å². The van der Waals surface area contributed by atoms with Gasteiger partial charge in [0.05, 0.1) is 0 Å². The second-order valence-electron chi connectivity index (χ2n) is 3.77. The first-order chi connectivity index (χ1) is 5.62. The van der Waals surface area contributed by atoms with Gasteiger partial charge in [-0.1, -0.05) is 32.9 Å². The van der Waals surface area contributed by atoms with Gasteiger partial charge < -0.3 is 5.32 Å². The summed E-state index contributed by atoms with van der Waals surface area (Å²) >= 11 is 5.48. The van der Waals surface area contributed by atoms with Crippen molar-refractivity contribution >= 4 is 11.6 Å². The topological polar surface area (TPSA) is 12.0 Å². The summed E-state index contributed by atoms with van der Waals surface area (Å²) in [6.07, 6.45) is 5.24. The van der Waals surface area contributed by atoms with Crippen molar-refractivity contribution in [1.82, 2.24) is 5.32 Å². The molecule has 0 aromatic carbocycles. The third kappa shape index (κ3) is 6.68. The van der Waals surface area contributed by atoms with Crippen LogP contribution in [0.25, 0.3) is 0 Å². The van der Waals surface area contributed by atoms with Crippen LogP contribution in [0, 0.1) is 5.41 Å². The predicted molar refractivity (Wildman–Crippen MR) is 56.8 cm³/mol. The van der Waals surface area contributed by atoms with E-state index < -0.39 is 0 Å². The van der Waals surface area contributed by atoms with Crippen molar-refractivity contribution in [1.29, 1.82) is 0 Å². The fourth-order valence-electron chi connectivity index (χ4n) is 0.765. The molecule has 0 amide bonds. The van der Waals surface area contributed by atoms with E-state index in [-0.39, 0.29) is 0 Å². The van der Waals surface area contributed by atoms with E-state index in [0.717, 1.165) is 13.1 Å². The molecule has 0 spiro atoms. The SMILES string of the molecule is CCC(C)(C)CNC/C=C/CCl. The fourth-order valence-corrected chi connectivity index (χ4v) is 0.891. The molecule has 0 radical (unpaired) electrons. The third-order valence-corrected chi connectivity index (χ3v) is 2.26. The van der Waals surface area contributed by atoms with Crippen molar-refractivity contribution in [3.05, 3.63) is 12.2 Å². The molecular weight excluding hydrogens is 170 g/mol. The summed E-state index contributed by atoms with van der Waals surface area (Å²) in [5, 5.41) is 3.37. The minimum absolute atomic E-state index is 0.412. The quantitative estimate of drug-likeness (QED) is 0.385. The van der Waals surface area contributed by atoms with Crippen LogP contribution in [0.15, 0.2) is 12.2 Å². The lowest BCUT2D eigenvalue weighted by Gasteiger charge is -2.22. The lowest BCUT2D eigenvalue weighted by atomic mass is 9.90. The van der Waals surface area contributed by atoms with E-state index in [9.17, 15) is 0 Å². The molecule has 0 aliphatic heterocycles. The van der Waals surface area contributed by atoms with Gasteiger partial charge in [-0.25, -0.2) is 0 Å². The van der Waals surface area contributed by atoms with Gasteiger partial charge >= 0.3 is 0 Å². The highest BCUT2D eigenvalue weighted by atomic mass is 35.5. The predicted octanol–water partition coefficient (Wildman–Crippen LogP) is 2.81. The zero-order valence-electron chi connectivity index (χ0n) is 8.36. The number of rotatable bonds is 6. The van der Waals surface area contributed by atoms with Crippen molar-refractivity contribution in [2.24, 2.45) is 5.41 Å². The molecule has 0 aromatic rings. The number of hydrogen-bond acceptors (Lipinski definition) is 1. The molecule has 0 unspecified atom stereocenters. The number of hydrogen-bond donors (Lipinski definition) is 1. The monoisotopic (exact) mass is 189 g/mol. The van der Waals surface area contributed by atoms with E-state index in [1.807, 2.05) is 6.08 Å². The summed E-state index contributed by atoms with van der Waals surface area (Å²) in [6, 6.07) is 0. The molecule has 72 valence electrons. The van der Waals surface area contributed by atoms with Gasteiger partial charge in [0.1, 0.15) is 0 Å². The van der Waals surface area contributed by atoms with Crippen LogP contribution in [0.2, 0.25) is 0 Å². The van der Waals surface area contributed by atoms with Crippen molar-refractivity contribution in [3.63, 3.8) is 0 Å². The van der Waals surface area contributed by atoms with Crippen molar-refractivity contribution in [3.8, 4) is 0 Å². The average Bonchev–Trinajstić information content (AvgIpc) is 2.04. The first kappa shape index (κ1) is 12.0. The molecule has 1 N–H and O–H groups in total. The summed E-state index contributed by atoms with van der Waals surface area (Å²) in [5.74, 6) is 0.610. The van der Waals surface area contributed by atoms with E-state index in [0.29, 0.717) is 11.3 Å². The highest BCUT2D eigenvalue weighted by Gasteiger charge is 2.12. The van der Waals surface area contributed by atoms with Gasteiger partial charge in [0.2, 0.25) is 0 Å². The molecule has 0 atom stereocenters. The molecule has 1 nitrogen and oxygen atoms in total.